The van der Waals surface area contributed by atoms with Crippen LogP contribution in [0.4, 0.5) is 0 Å². The van der Waals surface area contributed by atoms with Crippen LogP contribution >= 0.6 is 0 Å². The summed E-state index contributed by atoms with van der Waals surface area (Å²) in [6.07, 6.45) is 4.20. The van der Waals surface area contributed by atoms with Crippen molar-refractivity contribution in [3.63, 3.8) is 0 Å². The lowest BCUT2D eigenvalue weighted by atomic mass is 9.81. The van der Waals surface area contributed by atoms with Gasteiger partial charge in [0, 0.05) is 22.3 Å². The maximum atomic E-state index is 12.8. The van der Waals surface area contributed by atoms with Crippen LogP contribution in [0.2, 0.25) is 0 Å². The molecule has 0 saturated carbocycles. The molecule has 0 aliphatic heterocycles. The summed E-state index contributed by atoms with van der Waals surface area (Å²) in [6.45, 7) is 6.16. The second-order valence-corrected chi connectivity index (χ2v) is 5.50. The molecule has 0 amide bonds. The van der Waals surface area contributed by atoms with E-state index in [1.165, 1.54) is 0 Å². The highest BCUT2D eigenvalue weighted by Crippen LogP contribution is 2.30. The summed E-state index contributed by atoms with van der Waals surface area (Å²) in [4.78, 5) is 25.3. The van der Waals surface area contributed by atoms with Crippen molar-refractivity contribution in [1.29, 1.82) is 0 Å². The van der Waals surface area contributed by atoms with Gasteiger partial charge in [0.25, 0.3) is 0 Å². The predicted octanol–water partition coefficient (Wildman–Crippen LogP) is 5.22. The van der Waals surface area contributed by atoms with Gasteiger partial charge in [0.2, 0.25) is 0 Å². The number of fused-ring (bicyclic) bond motifs is 2. The highest BCUT2D eigenvalue weighted by Gasteiger charge is 2.30. The molecule has 1 aliphatic rings. The van der Waals surface area contributed by atoms with Gasteiger partial charge in [0.05, 0.1) is 0 Å². The molecular weight excluding hydrogens is 284 g/mol. The van der Waals surface area contributed by atoms with E-state index in [0.717, 1.165) is 31.2 Å². The molecule has 1 aliphatic carbocycles. The first-order valence-electron chi connectivity index (χ1n) is 8.54. The molecule has 2 aromatic rings. The van der Waals surface area contributed by atoms with Crippen molar-refractivity contribution >= 4 is 11.6 Å². The van der Waals surface area contributed by atoms with E-state index < -0.39 is 0 Å². The normalized spacial score (nSPS) is 12.1. The number of carbonyl (C=O) groups excluding carboxylic acids is 2. The fraction of sp³-hybridized carbons (Fsp3) is 0.333. The quantitative estimate of drug-likeness (QED) is 0.619. The Morgan fingerprint density at radius 3 is 2.00 bits per heavy atom. The largest absolute Gasteiger partial charge is 0.289 e. The lowest BCUT2D eigenvalue weighted by Crippen LogP contribution is -2.22. The molecule has 2 aromatic carbocycles. The van der Waals surface area contributed by atoms with E-state index in [1.54, 1.807) is 24.3 Å². The summed E-state index contributed by atoms with van der Waals surface area (Å²) in [7, 11) is 0. The molecule has 0 bridgehead atoms. The minimum absolute atomic E-state index is 0.00713. The number of carbonyl (C=O) groups is 2. The van der Waals surface area contributed by atoms with Crippen LogP contribution in [0.25, 0.3) is 0 Å². The van der Waals surface area contributed by atoms with Crippen molar-refractivity contribution in [1.82, 2.24) is 0 Å². The van der Waals surface area contributed by atoms with E-state index in [9.17, 15) is 9.59 Å². The third-order valence-electron chi connectivity index (χ3n) is 4.09. The average molecular weight is 308 g/mol. The molecule has 0 aromatic heterocycles. The molecule has 0 spiro atoms. The van der Waals surface area contributed by atoms with Gasteiger partial charge in [-0.2, -0.15) is 0 Å². The fourth-order valence-electron chi connectivity index (χ4n) is 2.99. The SMILES string of the molecule is CC.CCCCCc1cccc2c1C(=O)c1ccccc1C2=O. The molecule has 0 heterocycles. The Hall–Kier alpha value is -2.22. The van der Waals surface area contributed by atoms with Crippen molar-refractivity contribution in [3.05, 3.63) is 70.3 Å². The van der Waals surface area contributed by atoms with Gasteiger partial charge < -0.3 is 0 Å². The Kier molecular flexibility index (Phi) is 5.86. The second kappa shape index (κ2) is 7.87. The summed E-state index contributed by atoms with van der Waals surface area (Å²) >= 11 is 0. The van der Waals surface area contributed by atoms with Crippen LogP contribution < -0.4 is 0 Å². The van der Waals surface area contributed by atoms with Crippen molar-refractivity contribution in [2.45, 2.75) is 46.5 Å². The van der Waals surface area contributed by atoms with Crippen LogP contribution in [0.15, 0.2) is 42.5 Å². The van der Waals surface area contributed by atoms with Gasteiger partial charge in [0.15, 0.2) is 11.6 Å². The van der Waals surface area contributed by atoms with Gasteiger partial charge in [-0.05, 0) is 18.4 Å². The third-order valence-corrected chi connectivity index (χ3v) is 4.09. The van der Waals surface area contributed by atoms with Crippen LogP contribution in [0.5, 0.6) is 0 Å². The average Bonchev–Trinajstić information content (AvgIpc) is 2.61. The standard InChI is InChI=1S/C19H18O2.C2H6/c1-2-3-4-8-13-9-7-12-16-17(13)19(21)15-11-6-5-10-14(15)18(16)20;1-2/h5-7,9-12H,2-4,8H2,1H3;1-2H3. The molecule has 0 radical (unpaired) electrons. The lowest BCUT2D eigenvalue weighted by Gasteiger charge is -2.20. The molecule has 0 N–H and O–H groups in total. The van der Waals surface area contributed by atoms with E-state index >= 15 is 0 Å². The smallest absolute Gasteiger partial charge is 0.194 e. The summed E-state index contributed by atoms with van der Waals surface area (Å²) in [5.74, 6) is -0.0372. The summed E-state index contributed by atoms with van der Waals surface area (Å²) < 4.78 is 0. The van der Waals surface area contributed by atoms with Gasteiger partial charge in [-0.1, -0.05) is 76.1 Å². The molecule has 23 heavy (non-hydrogen) atoms. The Morgan fingerprint density at radius 1 is 0.739 bits per heavy atom. The molecule has 3 rings (SSSR count). The van der Waals surface area contributed by atoms with E-state index in [0.29, 0.717) is 22.3 Å². The van der Waals surface area contributed by atoms with Crippen LogP contribution in [0, 0.1) is 0 Å². The number of rotatable bonds is 4. The van der Waals surface area contributed by atoms with Crippen molar-refractivity contribution in [2.24, 2.45) is 0 Å². The van der Waals surface area contributed by atoms with Crippen LogP contribution in [-0.2, 0) is 6.42 Å². The van der Waals surface area contributed by atoms with Crippen LogP contribution in [-0.4, -0.2) is 11.6 Å². The Bertz CT molecular complexity index is 714. The predicted molar refractivity (Wildman–Crippen MR) is 94.3 cm³/mol. The van der Waals surface area contributed by atoms with Crippen LogP contribution in [0.1, 0.15) is 77.4 Å². The molecule has 0 fully saturated rings. The molecule has 2 nitrogen and oxygen atoms in total. The monoisotopic (exact) mass is 308 g/mol. The third kappa shape index (κ3) is 3.26. The van der Waals surface area contributed by atoms with Crippen LogP contribution in [0.3, 0.4) is 0 Å². The molecule has 120 valence electrons. The Labute approximate surface area is 138 Å². The maximum Gasteiger partial charge on any atom is 0.194 e. The zero-order valence-electron chi connectivity index (χ0n) is 14.2. The molecule has 2 heteroatoms. The number of hydrogen-bond acceptors (Lipinski definition) is 2. The zero-order valence-corrected chi connectivity index (χ0v) is 14.2. The van der Waals surface area contributed by atoms with Gasteiger partial charge in [-0.15, -0.1) is 0 Å². The fourth-order valence-corrected chi connectivity index (χ4v) is 2.99. The highest BCUT2D eigenvalue weighted by atomic mass is 16.1. The Balaban J connectivity index is 0.000000924. The number of aryl methyl sites for hydroxylation is 1. The number of ketones is 2. The maximum absolute atomic E-state index is 12.8. The first kappa shape index (κ1) is 17.1. The van der Waals surface area contributed by atoms with Gasteiger partial charge in [0.1, 0.15) is 0 Å². The highest BCUT2D eigenvalue weighted by molar-refractivity contribution is 6.28. The first-order valence-corrected chi connectivity index (χ1v) is 8.54. The zero-order chi connectivity index (χ0) is 16.8. The van der Waals surface area contributed by atoms with Gasteiger partial charge >= 0.3 is 0 Å². The van der Waals surface area contributed by atoms with Crippen molar-refractivity contribution in [2.75, 3.05) is 0 Å². The minimum atomic E-state index is -0.0301. The van der Waals surface area contributed by atoms with E-state index in [1.807, 2.05) is 32.0 Å². The second-order valence-electron chi connectivity index (χ2n) is 5.50. The minimum Gasteiger partial charge on any atom is -0.289 e. The first-order chi connectivity index (χ1) is 11.2. The topological polar surface area (TPSA) is 34.1 Å². The summed E-state index contributed by atoms with van der Waals surface area (Å²) in [6, 6.07) is 12.8. The molecule has 0 atom stereocenters. The van der Waals surface area contributed by atoms with E-state index in [-0.39, 0.29) is 11.6 Å². The van der Waals surface area contributed by atoms with Crippen molar-refractivity contribution < 1.29 is 9.59 Å². The van der Waals surface area contributed by atoms with Gasteiger partial charge in [-0.25, -0.2) is 0 Å². The number of benzene rings is 2. The number of unbranched alkanes of at least 4 members (excludes halogenated alkanes) is 2. The molecular formula is C21H24O2. The molecule has 0 unspecified atom stereocenters. The van der Waals surface area contributed by atoms with Crippen molar-refractivity contribution in [3.8, 4) is 0 Å². The lowest BCUT2D eigenvalue weighted by molar-refractivity contribution is 0.0978. The van der Waals surface area contributed by atoms with Gasteiger partial charge in [-0.3, -0.25) is 9.59 Å². The van der Waals surface area contributed by atoms with E-state index in [4.69, 9.17) is 0 Å². The number of hydrogen-bond donors (Lipinski definition) is 0. The Morgan fingerprint density at radius 2 is 1.35 bits per heavy atom. The summed E-state index contributed by atoms with van der Waals surface area (Å²) in [5.41, 5.74) is 3.26. The molecule has 0 saturated heterocycles. The van der Waals surface area contributed by atoms with E-state index in [2.05, 4.69) is 6.92 Å². The summed E-state index contributed by atoms with van der Waals surface area (Å²) in [5, 5.41) is 0.